The summed E-state index contributed by atoms with van der Waals surface area (Å²) in [6.07, 6.45) is 2.45. The average molecular weight is 507 g/mol. The maximum Gasteiger partial charge on any atom is 0.231 e. The van der Waals surface area contributed by atoms with Crippen molar-refractivity contribution in [1.82, 2.24) is 15.5 Å². The van der Waals surface area contributed by atoms with Gasteiger partial charge < -0.3 is 16.4 Å². The Balaban J connectivity index is 0.00000280. The lowest BCUT2D eigenvalue weighted by molar-refractivity contribution is -0.119. The molecule has 2 aliphatic rings. The fourth-order valence-electron chi connectivity index (χ4n) is 3.65. The van der Waals surface area contributed by atoms with E-state index in [1.54, 1.807) is 0 Å². The van der Waals surface area contributed by atoms with Gasteiger partial charge in [0.2, 0.25) is 5.91 Å². The zero-order valence-electron chi connectivity index (χ0n) is 16.0. The monoisotopic (exact) mass is 507 g/mol. The number of hydrogen-bond donors (Lipinski definition) is 3. The molecule has 156 valence electrons. The molecule has 0 aromatic heterocycles. The van der Waals surface area contributed by atoms with Crippen molar-refractivity contribution in [3.8, 4) is 0 Å². The molecule has 2 atom stereocenters. The Kier molecular flexibility index (Phi) is 8.41. The Morgan fingerprint density at radius 1 is 1.25 bits per heavy atom. The molecule has 0 radical (unpaired) electrons. The van der Waals surface area contributed by atoms with Crippen LogP contribution < -0.4 is 16.4 Å². The number of guanidine groups is 1. The van der Waals surface area contributed by atoms with Crippen molar-refractivity contribution < 1.29 is 13.6 Å². The summed E-state index contributed by atoms with van der Waals surface area (Å²) in [6.45, 7) is 4.44. The predicted octanol–water partition coefficient (Wildman–Crippen LogP) is 1.94. The molecule has 2 unspecified atom stereocenters. The summed E-state index contributed by atoms with van der Waals surface area (Å²) in [5.74, 6) is -0.792. The number of benzene rings is 1. The molecule has 3 rings (SSSR count). The van der Waals surface area contributed by atoms with Crippen LogP contribution in [0.1, 0.15) is 37.7 Å². The predicted molar refractivity (Wildman–Crippen MR) is 116 cm³/mol. The molecule has 2 fully saturated rings. The molecule has 1 heterocycles. The highest BCUT2D eigenvalue weighted by Gasteiger charge is 2.42. The van der Waals surface area contributed by atoms with Crippen molar-refractivity contribution in [1.29, 1.82) is 0 Å². The summed E-state index contributed by atoms with van der Waals surface area (Å²) < 4.78 is 27.9. The Bertz CT molecular complexity index is 689. The average Bonchev–Trinajstić information content (AvgIpc) is 3.35. The molecule has 0 bridgehead atoms. The van der Waals surface area contributed by atoms with Crippen molar-refractivity contribution in [3.63, 3.8) is 0 Å². The number of nitrogens with zero attached hydrogens (tertiary/aromatic N) is 2. The fraction of sp³-hybridized carbons (Fsp3) is 0.579. The molecule has 1 aliphatic carbocycles. The summed E-state index contributed by atoms with van der Waals surface area (Å²) >= 11 is 0. The minimum Gasteiger partial charge on any atom is -0.369 e. The highest BCUT2D eigenvalue weighted by molar-refractivity contribution is 14.0. The molecule has 1 saturated carbocycles. The molecular weight excluding hydrogens is 479 g/mol. The minimum absolute atomic E-state index is 0. The van der Waals surface area contributed by atoms with Crippen LogP contribution in [0.4, 0.5) is 8.78 Å². The number of rotatable bonds is 6. The Morgan fingerprint density at radius 2 is 1.89 bits per heavy atom. The molecule has 1 aromatic rings. The van der Waals surface area contributed by atoms with Gasteiger partial charge >= 0.3 is 0 Å². The SMILES string of the molecule is CCN=C(NC1CCN(CC(N)=O)CC1)NC1CC1c1c(F)cccc1F.I. The fourth-order valence-corrected chi connectivity index (χ4v) is 3.65. The molecule has 1 amide bonds. The molecule has 4 N–H and O–H groups in total. The molecular formula is C19H28F2IN5O. The molecule has 6 nitrogen and oxygen atoms in total. The highest BCUT2D eigenvalue weighted by Crippen LogP contribution is 2.43. The van der Waals surface area contributed by atoms with Gasteiger partial charge in [0.05, 0.1) is 6.54 Å². The Labute approximate surface area is 181 Å². The van der Waals surface area contributed by atoms with Gasteiger partial charge in [-0.1, -0.05) is 6.07 Å². The van der Waals surface area contributed by atoms with E-state index in [9.17, 15) is 13.6 Å². The minimum atomic E-state index is -0.493. The number of amides is 1. The van der Waals surface area contributed by atoms with Crippen molar-refractivity contribution in [2.45, 2.75) is 44.2 Å². The van der Waals surface area contributed by atoms with E-state index in [4.69, 9.17) is 5.73 Å². The van der Waals surface area contributed by atoms with Crippen molar-refractivity contribution >= 4 is 35.8 Å². The maximum atomic E-state index is 13.9. The first kappa shape index (κ1) is 22.8. The van der Waals surface area contributed by atoms with E-state index in [0.29, 0.717) is 25.5 Å². The normalized spacial score (nSPS) is 23.0. The second kappa shape index (κ2) is 10.3. The summed E-state index contributed by atoms with van der Waals surface area (Å²) in [6, 6.07) is 4.20. The van der Waals surface area contributed by atoms with Gasteiger partial charge in [-0.3, -0.25) is 14.7 Å². The standard InChI is InChI=1S/C19H27F2N5O.HI/c1-2-23-19(24-12-6-8-26(9-7-12)11-17(22)27)25-16-10-13(16)18-14(20)4-3-5-15(18)21;/h3-5,12-13,16H,2,6-11H2,1H3,(H2,22,27)(H2,23,24,25);1H. The number of nitrogens with two attached hydrogens (primary N) is 1. The second-order valence-electron chi connectivity index (χ2n) is 7.21. The zero-order chi connectivity index (χ0) is 19.4. The van der Waals surface area contributed by atoms with Gasteiger partial charge in [0, 0.05) is 43.2 Å². The van der Waals surface area contributed by atoms with Crippen LogP contribution in [-0.4, -0.2) is 55.0 Å². The van der Waals surface area contributed by atoms with Crippen LogP contribution in [0.2, 0.25) is 0 Å². The van der Waals surface area contributed by atoms with Gasteiger partial charge in [-0.05, 0) is 38.3 Å². The van der Waals surface area contributed by atoms with E-state index in [2.05, 4.69) is 15.6 Å². The van der Waals surface area contributed by atoms with Crippen molar-refractivity contribution in [3.05, 3.63) is 35.4 Å². The number of aliphatic imine (C=N–C) groups is 1. The van der Waals surface area contributed by atoms with E-state index >= 15 is 0 Å². The molecule has 9 heteroatoms. The van der Waals surface area contributed by atoms with Crippen LogP contribution in [0.5, 0.6) is 0 Å². The Morgan fingerprint density at radius 3 is 2.46 bits per heavy atom. The third-order valence-electron chi connectivity index (χ3n) is 5.11. The highest BCUT2D eigenvalue weighted by atomic mass is 127. The lowest BCUT2D eigenvalue weighted by Gasteiger charge is -2.32. The number of primary amides is 1. The van der Waals surface area contributed by atoms with Crippen LogP contribution in [0.3, 0.4) is 0 Å². The third-order valence-corrected chi connectivity index (χ3v) is 5.11. The maximum absolute atomic E-state index is 13.9. The van der Waals surface area contributed by atoms with E-state index in [1.807, 2.05) is 11.8 Å². The lowest BCUT2D eigenvalue weighted by Crippen LogP contribution is -2.50. The van der Waals surface area contributed by atoms with Gasteiger partial charge in [-0.25, -0.2) is 8.78 Å². The summed E-state index contributed by atoms with van der Waals surface area (Å²) in [7, 11) is 0. The zero-order valence-corrected chi connectivity index (χ0v) is 18.3. The number of carbonyl (C=O) groups excluding carboxylic acids is 1. The van der Waals surface area contributed by atoms with Gasteiger partial charge in [0.1, 0.15) is 11.6 Å². The van der Waals surface area contributed by atoms with Crippen molar-refractivity contribution in [2.24, 2.45) is 10.7 Å². The van der Waals surface area contributed by atoms with Crippen LogP contribution in [0, 0.1) is 11.6 Å². The molecule has 0 spiro atoms. The molecule has 28 heavy (non-hydrogen) atoms. The van der Waals surface area contributed by atoms with E-state index in [0.717, 1.165) is 25.9 Å². The van der Waals surface area contributed by atoms with E-state index in [-0.39, 0.29) is 53.4 Å². The first-order chi connectivity index (χ1) is 13.0. The Hall–Kier alpha value is -1.49. The quantitative estimate of drug-likeness (QED) is 0.313. The number of piperidine rings is 1. The smallest absolute Gasteiger partial charge is 0.231 e. The number of nitrogens with one attached hydrogen (secondary N) is 2. The third kappa shape index (κ3) is 6.00. The molecule has 1 aromatic carbocycles. The van der Waals surface area contributed by atoms with Gasteiger partial charge in [-0.2, -0.15) is 0 Å². The van der Waals surface area contributed by atoms with E-state index in [1.165, 1.54) is 18.2 Å². The lowest BCUT2D eigenvalue weighted by atomic mass is 10.1. The number of likely N-dealkylation sites (tertiary alicyclic amines) is 1. The molecule has 1 aliphatic heterocycles. The van der Waals surface area contributed by atoms with Crippen LogP contribution in [0.15, 0.2) is 23.2 Å². The largest absolute Gasteiger partial charge is 0.369 e. The van der Waals surface area contributed by atoms with Crippen LogP contribution >= 0.6 is 24.0 Å². The number of hydrogen-bond acceptors (Lipinski definition) is 3. The summed E-state index contributed by atoms with van der Waals surface area (Å²) in [5, 5.41) is 6.72. The number of carbonyl (C=O) groups is 1. The van der Waals surface area contributed by atoms with Crippen LogP contribution in [0.25, 0.3) is 0 Å². The van der Waals surface area contributed by atoms with Gasteiger partial charge in [-0.15, -0.1) is 24.0 Å². The van der Waals surface area contributed by atoms with Crippen LogP contribution in [-0.2, 0) is 4.79 Å². The first-order valence-electron chi connectivity index (χ1n) is 9.50. The topological polar surface area (TPSA) is 82.8 Å². The summed E-state index contributed by atoms with van der Waals surface area (Å²) in [4.78, 5) is 17.5. The van der Waals surface area contributed by atoms with Gasteiger partial charge in [0.15, 0.2) is 5.96 Å². The van der Waals surface area contributed by atoms with Gasteiger partial charge in [0.25, 0.3) is 0 Å². The van der Waals surface area contributed by atoms with Crippen molar-refractivity contribution in [2.75, 3.05) is 26.2 Å². The molecule has 1 saturated heterocycles. The second-order valence-corrected chi connectivity index (χ2v) is 7.21. The first-order valence-corrected chi connectivity index (χ1v) is 9.50. The van der Waals surface area contributed by atoms with E-state index < -0.39 is 11.6 Å². The summed E-state index contributed by atoms with van der Waals surface area (Å²) in [5.41, 5.74) is 5.40. The number of halogens is 3.